The van der Waals surface area contributed by atoms with Crippen molar-refractivity contribution in [3.8, 4) is 0 Å². The lowest BCUT2D eigenvalue weighted by Crippen LogP contribution is -2.34. The zero-order valence-electron chi connectivity index (χ0n) is 15.7. The van der Waals surface area contributed by atoms with E-state index in [1.54, 1.807) is 53.6 Å². The SMILES string of the molecule is NC(=O)c1ccccc1CN(C(=O)c1cccnc1)[C@@H]1CCc2c(F)cccc21. The number of primary amides is 1. The van der Waals surface area contributed by atoms with E-state index in [1.807, 2.05) is 6.07 Å². The number of aromatic nitrogens is 1. The van der Waals surface area contributed by atoms with Gasteiger partial charge in [-0.15, -0.1) is 0 Å². The Kier molecular flexibility index (Phi) is 5.08. The molecule has 0 spiro atoms. The molecule has 0 saturated carbocycles. The number of hydrogen-bond acceptors (Lipinski definition) is 3. The highest BCUT2D eigenvalue weighted by Crippen LogP contribution is 2.38. The van der Waals surface area contributed by atoms with Gasteiger partial charge in [-0.05, 0) is 53.8 Å². The van der Waals surface area contributed by atoms with Crippen molar-refractivity contribution in [3.05, 3.63) is 101 Å². The highest BCUT2D eigenvalue weighted by Gasteiger charge is 2.33. The van der Waals surface area contributed by atoms with Gasteiger partial charge >= 0.3 is 0 Å². The fraction of sp³-hybridized carbons (Fsp3) is 0.174. The molecule has 0 fully saturated rings. The Morgan fingerprint density at radius 3 is 2.69 bits per heavy atom. The van der Waals surface area contributed by atoms with Gasteiger partial charge in [0.1, 0.15) is 5.82 Å². The van der Waals surface area contributed by atoms with Gasteiger partial charge in [0, 0.05) is 24.5 Å². The lowest BCUT2D eigenvalue weighted by atomic mass is 10.0. The van der Waals surface area contributed by atoms with E-state index in [1.165, 1.54) is 12.3 Å². The Labute approximate surface area is 168 Å². The first-order valence-electron chi connectivity index (χ1n) is 9.42. The first-order chi connectivity index (χ1) is 14.1. The molecule has 0 aliphatic heterocycles. The van der Waals surface area contributed by atoms with Gasteiger partial charge in [-0.1, -0.05) is 30.3 Å². The van der Waals surface area contributed by atoms with Crippen LogP contribution in [0.1, 0.15) is 49.9 Å². The Balaban J connectivity index is 1.77. The minimum absolute atomic E-state index is 0.188. The zero-order valence-corrected chi connectivity index (χ0v) is 15.7. The molecule has 2 N–H and O–H groups in total. The molecule has 2 aromatic carbocycles. The molecule has 1 aliphatic rings. The Bertz CT molecular complexity index is 1070. The zero-order chi connectivity index (χ0) is 20.4. The van der Waals surface area contributed by atoms with Crippen LogP contribution in [0.15, 0.2) is 67.0 Å². The summed E-state index contributed by atoms with van der Waals surface area (Å²) in [5, 5.41) is 0. The first kappa shape index (κ1) is 18.8. The molecule has 5 nitrogen and oxygen atoms in total. The average Bonchev–Trinajstić information content (AvgIpc) is 3.17. The summed E-state index contributed by atoms with van der Waals surface area (Å²) in [7, 11) is 0. The van der Waals surface area contributed by atoms with Crippen LogP contribution in [-0.2, 0) is 13.0 Å². The molecular weight excluding hydrogens is 369 g/mol. The molecule has 0 unspecified atom stereocenters. The van der Waals surface area contributed by atoms with Gasteiger partial charge in [-0.25, -0.2) is 4.39 Å². The third-order valence-electron chi connectivity index (χ3n) is 5.35. The van der Waals surface area contributed by atoms with Crippen molar-refractivity contribution in [2.45, 2.75) is 25.4 Å². The van der Waals surface area contributed by atoms with E-state index in [9.17, 15) is 14.0 Å². The highest BCUT2D eigenvalue weighted by atomic mass is 19.1. The largest absolute Gasteiger partial charge is 0.366 e. The van der Waals surface area contributed by atoms with Crippen molar-refractivity contribution in [1.82, 2.24) is 9.88 Å². The molecule has 29 heavy (non-hydrogen) atoms. The molecular formula is C23H20FN3O2. The van der Waals surface area contributed by atoms with Gasteiger partial charge in [0.25, 0.3) is 5.91 Å². The Hall–Kier alpha value is -3.54. The summed E-state index contributed by atoms with van der Waals surface area (Å²) in [6, 6.07) is 15.0. The molecule has 1 heterocycles. The van der Waals surface area contributed by atoms with E-state index in [4.69, 9.17) is 5.73 Å². The van der Waals surface area contributed by atoms with E-state index in [0.717, 1.165) is 5.56 Å². The molecule has 1 aromatic heterocycles. The van der Waals surface area contributed by atoms with Gasteiger partial charge in [0.15, 0.2) is 0 Å². The van der Waals surface area contributed by atoms with Crippen molar-refractivity contribution in [2.24, 2.45) is 5.73 Å². The molecule has 3 aromatic rings. The van der Waals surface area contributed by atoms with E-state index in [0.29, 0.717) is 35.1 Å². The summed E-state index contributed by atoms with van der Waals surface area (Å²) in [5.41, 5.74) is 8.44. The number of amides is 2. The van der Waals surface area contributed by atoms with Crippen molar-refractivity contribution in [2.75, 3.05) is 0 Å². The minimum atomic E-state index is -0.549. The fourth-order valence-corrected chi connectivity index (χ4v) is 3.97. The fourth-order valence-electron chi connectivity index (χ4n) is 3.97. The quantitative estimate of drug-likeness (QED) is 0.724. The van der Waals surface area contributed by atoms with E-state index in [2.05, 4.69) is 4.98 Å². The number of hydrogen-bond donors (Lipinski definition) is 1. The van der Waals surface area contributed by atoms with Crippen LogP contribution in [0.2, 0.25) is 0 Å². The summed E-state index contributed by atoms with van der Waals surface area (Å²) >= 11 is 0. The Morgan fingerprint density at radius 2 is 1.93 bits per heavy atom. The van der Waals surface area contributed by atoms with Crippen LogP contribution in [0.5, 0.6) is 0 Å². The highest BCUT2D eigenvalue weighted by molar-refractivity contribution is 5.96. The molecule has 4 rings (SSSR count). The smallest absolute Gasteiger partial charge is 0.256 e. The lowest BCUT2D eigenvalue weighted by Gasteiger charge is -2.30. The number of fused-ring (bicyclic) bond motifs is 1. The topological polar surface area (TPSA) is 76.3 Å². The standard InChI is InChI=1S/C23H20FN3O2/c24-20-9-3-8-19-18(20)10-11-21(19)27(23(29)15-6-4-12-26-13-15)14-16-5-1-2-7-17(16)22(25)28/h1-9,12-13,21H,10-11,14H2,(H2,25,28)/t21-/m1/s1. The van der Waals surface area contributed by atoms with Crippen LogP contribution in [0.25, 0.3) is 0 Å². The number of carbonyl (C=O) groups excluding carboxylic acids is 2. The van der Waals surface area contributed by atoms with Gasteiger partial charge in [0.2, 0.25) is 5.91 Å². The number of carbonyl (C=O) groups is 2. The maximum Gasteiger partial charge on any atom is 0.256 e. The third-order valence-corrected chi connectivity index (χ3v) is 5.35. The normalized spacial score (nSPS) is 15.0. The summed E-state index contributed by atoms with van der Waals surface area (Å²) in [6.07, 6.45) is 4.28. The van der Waals surface area contributed by atoms with E-state index < -0.39 is 5.91 Å². The molecule has 0 saturated heterocycles. The van der Waals surface area contributed by atoms with Crippen molar-refractivity contribution < 1.29 is 14.0 Å². The first-order valence-corrected chi connectivity index (χ1v) is 9.42. The molecule has 146 valence electrons. The average molecular weight is 389 g/mol. The third kappa shape index (κ3) is 3.61. The molecule has 0 radical (unpaired) electrons. The second kappa shape index (κ2) is 7.83. The van der Waals surface area contributed by atoms with Crippen molar-refractivity contribution in [3.63, 3.8) is 0 Å². The number of nitrogens with zero attached hydrogens (tertiary/aromatic N) is 2. The van der Waals surface area contributed by atoms with E-state index >= 15 is 0 Å². The van der Waals surface area contributed by atoms with E-state index in [-0.39, 0.29) is 24.3 Å². The van der Waals surface area contributed by atoms with Gasteiger partial charge in [0.05, 0.1) is 11.6 Å². The Morgan fingerprint density at radius 1 is 1.10 bits per heavy atom. The predicted molar refractivity (Wildman–Crippen MR) is 107 cm³/mol. The second-order valence-corrected chi connectivity index (χ2v) is 7.06. The predicted octanol–water partition coefficient (Wildman–Crippen LogP) is 3.65. The van der Waals surface area contributed by atoms with Gasteiger partial charge < -0.3 is 10.6 Å². The van der Waals surface area contributed by atoms with Crippen LogP contribution in [-0.4, -0.2) is 21.7 Å². The lowest BCUT2D eigenvalue weighted by molar-refractivity contribution is 0.0655. The summed E-state index contributed by atoms with van der Waals surface area (Å²) in [5.74, 6) is -1.02. The molecule has 0 bridgehead atoms. The summed E-state index contributed by atoms with van der Waals surface area (Å²) in [6.45, 7) is 0.188. The molecule has 6 heteroatoms. The molecule has 1 aliphatic carbocycles. The van der Waals surface area contributed by atoms with Crippen LogP contribution < -0.4 is 5.73 Å². The van der Waals surface area contributed by atoms with Crippen LogP contribution in [0, 0.1) is 5.82 Å². The molecule has 2 amide bonds. The van der Waals surface area contributed by atoms with Gasteiger partial charge in [-0.3, -0.25) is 14.6 Å². The maximum absolute atomic E-state index is 14.3. The number of halogens is 1. The number of nitrogens with two attached hydrogens (primary N) is 1. The second-order valence-electron chi connectivity index (χ2n) is 7.06. The summed E-state index contributed by atoms with van der Waals surface area (Å²) in [4.78, 5) is 31.0. The molecule has 1 atom stereocenters. The number of pyridine rings is 1. The van der Waals surface area contributed by atoms with Crippen LogP contribution in [0.3, 0.4) is 0 Å². The van der Waals surface area contributed by atoms with Crippen LogP contribution >= 0.6 is 0 Å². The summed E-state index contributed by atoms with van der Waals surface area (Å²) < 4.78 is 14.3. The monoisotopic (exact) mass is 389 g/mol. The van der Waals surface area contributed by atoms with Crippen molar-refractivity contribution in [1.29, 1.82) is 0 Å². The minimum Gasteiger partial charge on any atom is -0.366 e. The van der Waals surface area contributed by atoms with Crippen LogP contribution in [0.4, 0.5) is 4.39 Å². The number of benzene rings is 2. The van der Waals surface area contributed by atoms with Gasteiger partial charge in [-0.2, -0.15) is 0 Å². The maximum atomic E-state index is 14.3. The van der Waals surface area contributed by atoms with Crippen molar-refractivity contribution >= 4 is 11.8 Å². The number of rotatable bonds is 5.